The SMILES string of the molecule is Cc1onc(-c2ccccc2)c1-c1nnc(CN2CCC(C(=O)N3CCCCCC3)CC2)o1. The molecule has 2 aromatic heterocycles. The molecule has 0 radical (unpaired) electrons. The summed E-state index contributed by atoms with van der Waals surface area (Å²) in [5, 5.41) is 12.8. The summed E-state index contributed by atoms with van der Waals surface area (Å²) in [5.41, 5.74) is 2.39. The van der Waals surface area contributed by atoms with Crippen molar-refractivity contribution in [3.05, 3.63) is 42.0 Å². The van der Waals surface area contributed by atoms with Gasteiger partial charge in [-0.15, -0.1) is 10.2 Å². The van der Waals surface area contributed by atoms with Crippen LogP contribution in [-0.4, -0.2) is 57.2 Å². The Labute approximate surface area is 193 Å². The standard InChI is InChI=1S/C25H31N5O3/c1-18-22(23(28-33-18)19-9-5-4-6-10-19)24-27-26-21(32-24)17-29-15-11-20(12-16-29)25(31)30-13-7-2-3-8-14-30/h4-6,9-10,20H,2-3,7-8,11-17H2,1H3. The van der Waals surface area contributed by atoms with Crippen LogP contribution in [0.2, 0.25) is 0 Å². The van der Waals surface area contributed by atoms with Gasteiger partial charge in [-0.05, 0) is 45.7 Å². The van der Waals surface area contributed by atoms with Crippen molar-refractivity contribution in [3.63, 3.8) is 0 Å². The molecule has 2 fully saturated rings. The van der Waals surface area contributed by atoms with Crippen LogP contribution < -0.4 is 0 Å². The summed E-state index contributed by atoms with van der Waals surface area (Å²) in [4.78, 5) is 17.3. The minimum absolute atomic E-state index is 0.144. The normalized spacial score (nSPS) is 18.4. The monoisotopic (exact) mass is 449 g/mol. The van der Waals surface area contributed by atoms with Crippen LogP contribution in [0.5, 0.6) is 0 Å². The number of rotatable bonds is 5. The van der Waals surface area contributed by atoms with Crippen LogP contribution in [0.4, 0.5) is 0 Å². The van der Waals surface area contributed by atoms with E-state index >= 15 is 0 Å². The lowest BCUT2D eigenvalue weighted by atomic mass is 9.95. The topological polar surface area (TPSA) is 88.5 Å². The van der Waals surface area contributed by atoms with E-state index in [1.165, 1.54) is 12.8 Å². The molecule has 2 aliphatic rings. The Hall–Kier alpha value is -3.00. The van der Waals surface area contributed by atoms with Gasteiger partial charge in [0.05, 0.1) is 6.54 Å². The van der Waals surface area contributed by atoms with E-state index in [0.717, 1.165) is 63.0 Å². The fraction of sp³-hybridized carbons (Fsp3) is 0.520. The zero-order valence-corrected chi connectivity index (χ0v) is 19.2. The van der Waals surface area contributed by atoms with Crippen LogP contribution in [-0.2, 0) is 11.3 Å². The minimum Gasteiger partial charge on any atom is -0.419 e. The molecule has 2 aliphatic heterocycles. The first-order valence-electron chi connectivity index (χ1n) is 12.0. The highest BCUT2D eigenvalue weighted by Gasteiger charge is 2.30. The van der Waals surface area contributed by atoms with E-state index in [1.807, 2.05) is 37.3 Å². The number of hydrogen-bond acceptors (Lipinski definition) is 7. The van der Waals surface area contributed by atoms with Gasteiger partial charge in [0.1, 0.15) is 17.0 Å². The first-order valence-corrected chi connectivity index (χ1v) is 12.0. The number of amides is 1. The van der Waals surface area contributed by atoms with E-state index in [1.54, 1.807) is 0 Å². The zero-order valence-electron chi connectivity index (χ0n) is 19.2. The highest BCUT2D eigenvalue weighted by Crippen LogP contribution is 2.33. The molecule has 0 unspecified atom stereocenters. The van der Waals surface area contributed by atoms with Crippen molar-refractivity contribution < 1.29 is 13.7 Å². The van der Waals surface area contributed by atoms with Crippen LogP contribution in [0.15, 0.2) is 39.3 Å². The van der Waals surface area contributed by atoms with Gasteiger partial charge in [-0.2, -0.15) is 0 Å². The third kappa shape index (κ3) is 4.85. The van der Waals surface area contributed by atoms with Gasteiger partial charge < -0.3 is 13.8 Å². The molecule has 8 heteroatoms. The van der Waals surface area contributed by atoms with E-state index in [9.17, 15) is 4.79 Å². The molecule has 0 spiro atoms. The van der Waals surface area contributed by atoms with E-state index < -0.39 is 0 Å². The molecule has 33 heavy (non-hydrogen) atoms. The van der Waals surface area contributed by atoms with Crippen molar-refractivity contribution in [1.29, 1.82) is 0 Å². The number of piperidine rings is 1. The molecule has 1 aromatic carbocycles. The fourth-order valence-corrected chi connectivity index (χ4v) is 4.91. The minimum atomic E-state index is 0.144. The molecule has 3 aromatic rings. The molecule has 0 N–H and O–H groups in total. The number of hydrogen-bond donors (Lipinski definition) is 0. The molecule has 0 bridgehead atoms. The predicted molar refractivity (Wildman–Crippen MR) is 123 cm³/mol. The Kier molecular flexibility index (Phi) is 6.53. The molecule has 1 amide bonds. The second-order valence-electron chi connectivity index (χ2n) is 9.12. The van der Waals surface area contributed by atoms with Crippen LogP contribution in [0.3, 0.4) is 0 Å². The Bertz CT molecular complexity index is 1060. The molecule has 8 nitrogen and oxygen atoms in total. The molecule has 174 valence electrons. The van der Waals surface area contributed by atoms with Crippen molar-refractivity contribution >= 4 is 5.91 Å². The average Bonchev–Trinajstić information content (AvgIpc) is 3.35. The molecule has 5 rings (SSSR count). The lowest BCUT2D eigenvalue weighted by Gasteiger charge is -2.33. The predicted octanol–water partition coefficient (Wildman–Crippen LogP) is 4.31. The van der Waals surface area contributed by atoms with Crippen molar-refractivity contribution in [2.24, 2.45) is 5.92 Å². The molecule has 2 saturated heterocycles. The van der Waals surface area contributed by atoms with E-state index in [4.69, 9.17) is 8.94 Å². The van der Waals surface area contributed by atoms with Crippen molar-refractivity contribution in [3.8, 4) is 22.7 Å². The lowest BCUT2D eigenvalue weighted by molar-refractivity contribution is -0.137. The van der Waals surface area contributed by atoms with Gasteiger partial charge in [0, 0.05) is 24.6 Å². The number of carbonyl (C=O) groups excluding carboxylic acids is 1. The van der Waals surface area contributed by atoms with Gasteiger partial charge in [-0.1, -0.05) is 48.3 Å². The average molecular weight is 450 g/mol. The summed E-state index contributed by atoms with van der Waals surface area (Å²) in [7, 11) is 0. The second kappa shape index (κ2) is 9.87. The summed E-state index contributed by atoms with van der Waals surface area (Å²) in [5.74, 6) is 2.14. The van der Waals surface area contributed by atoms with Crippen LogP contribution in [0, 0.1) is 12.8 Å². The second-order valence-corrected chi connectivity index (χ2v) is 9.12. The number of aryl methyl sites for hydroxylation is 1. The highest BCUT2D eigenvalue weighted by atomic mass is 16.5. The van der Waals surface area contributed by atoms with Crippen LogP contribution >= 0.6 is 0 Å². The van der Waals surface area contributed by atoms with Gasteiger partial charge in [-0.25, -0.2) is 0 Å². The Morgan fingerprint density at radius 1 is 1.00 bits per heavy atom. The van der Waals surface area contributed by atoms with E-state index in [0.29, 0.717) is 35.7 Å². The van der Waals surface area contributed by atoms with Crippen LogP contribution in [0.25, 0.3) is 22.7 Å². The molecular formula is C25H31N5O3. The zero-order chi connectivity index (χ0) is 22.6. The van der Waals surface area contributed by atoms with E-state index in [2.05, 4.69) is 25.2 Å². The van der Waals surface area contributed by atoms with E-state index in [-0.39, 0.29) is 5.92 Å². The van der Waals surface area contributed by atoms with Crippen LogP contribution in [0.1, 0.15) is 50.2 Å². The molecule has 0 saturated carbocycles. The Balaban J connectivity index is 1.21. The van der Waals surface area contributed by atoms with Crippen molar-refractivity contribution in [2.45, 2.75) is 52.0 Å². The third-order valence-electron chi connectivity index (χ3n) is 6.80. The van der Waals surface area contributed by atoms with Crippen molar-refractivity contribution in [1.82, 2.24) is 25.2 Å². The quantitative estimate of drug-likeness (QED) is 0.573. The number of nitrogens with zero attached hydrogens (tertiary/aromatic N) is 5. The van der Waals surface area contributed by atoms with Gasteiger partial charge in [-0.3, -0.25) is 9.69 Å². The van der Waals surface area contributed by atoms with Gasteiger partial charge in [0.25, 0.3) is 5.89 Å². The summed E-state index contributed by atoms with van der Waals surface area (Å²) >= 11 is 0. The highest BCUT2D eigenvalue weighted by molar-refractivity contribution is 5.79. The van der Waals surface area contributed by atoms with Crippen molar-refractivity contribution in [2.75, 3.05) is 26.2 Å². The summed E-state index contributed by atoms with van der Waals surface area (Å²) in [6, 6.07) is 9.85. The Morgan fingerprint density at radius 2 is 1.73 bits per heavy atom. The third-order valence-corrected chi connectivity index (χ3v) is 6.80. The first kappa shape index (κ1) is 21.8. The van der Waals surface area contributed by atoms with Gasteiger partial charge >= 0.3 is 0 Å². The van der Waals surface area contributed by atoms with Gasteiger partial charge in [0.15, 0.2) is 0 Å². The lowest BCUT2D eigenvalue weighted by Crippen LogP contribution is -2.42. The maximum atomic E-state index is 12.9. The Morgan fingerprint density at radius 3 is 2.45 bits per heavy atom. The molecule has 0 aliphatic carbocycles. The smallest absolute Gasteiger partial charge is 0.253 e. The summed E-state index contributed by atoms with van der Waals surface area (Å²) in [6.45, 7) is 6.02. The van der Waals surface area contributed by atoms with Gasteiger partial charge in [0.2, 0.25) is 11.8 Å². The number of likely N-dealkylation sites (tertiary alicyclic amines) is 2. The summed E-state index contributed by atoms with van der Waals surface area (Å²) in [6.07, 6.45) is 6.55. The maximum absolute atomic E-state index is 12.9. The maximum Gasteiger partial charge on any atom is 0.253 e. The largest absolute Gasteiger partial charge is 0.419 e. The number of benzene rings is 1. The molecule has 4 heterocycles. The molecule has 0 atom stereocenters. The number of aromatic nitrogens is 3. The summed E-state index contributed by atoms with van der Waals surface area (Å²) < 4.78 is 11.4. The number of carbonyl (C=O) groups is 1. The fourth-order valence-electron chi connectivity index (χ4n) is 4.91. The molecular weight excluding hydrogens is 418 g/mol. The first-order chi connectivity index (χ1) is 16.2.